The molecule has 0 aliphatic carbocycles. The second kappa shape index (κ2) is 22.9. The summed E-state index contributed by atoms with van der Waals surface area (Å²) >= 11 is 0. The summed E-state index contributed by atoms with van der Waals surface area (Å²) in [6, 6.07) is -0.108. The zero-order chi connectivity index (χ0) is 19.8. The molecule has 0 radical (unpaired) electrons. The van der Waals surface area contributed by atoms with E-state index in [1.807, 2.05) is 0 Å². The van der Waals surface area contributed by atoms with Gasteiger partial charge < -0.3 is 15.4 Å². The van der Waals surface area contributed by atoms with E-state index in [-0.39, 0.29) is 6.03 Å². The van der Waals surface area contributed by atoms with Crippen LogP contribution >= 0.6 is 0 Å². The number of carbonyl (C=O) groups is 1. The van der Waals surface area contributed by atoms with Crippen LogP contribution in [0.2, 0.25) is 0 Å². The molecule has 0 unspecified atom stereocenters. The van der Waals surface area contributed by atoms with Gasteiger partial charge in [0.15, 0.2) is 0 Å². The molecular formula is C23H46N2O2. The lowest BCUT2D eigenvalue weighted by atomic mass is 10.0. The average Bonchev–Trinajstić information content (AvgIpc) is 2.67. The Morgan fingerprint density at radius 3 is 1.56 bits per heavy atom. The van der Waals surface area contributed by atoms with Gasteiger partial charge in [-0.2, -0.15) is 0 Å². The van der Waals surface area contributed by atoms with Crippen LogP contribution in [-0.4, -0.2) is 25.7 Å². The van der Waals surface area contributed by atoms with Gasteiger partial charge in [0, 0.05) is 6.54 Å². The monoisotopic (exact) mass is 382 g/mol. The molecule has 0 fully saturated rings. The van der Waals surface area contributed by atoms with Gasteiger partial charge in [0.05, 0.1) is 12.8 Å². The van der Waals surface area contributed by atoms with Crippen molar-refractivity contribution >= 4 is 6.03 Å². The minimum absolute atomic E-state index is 0.108. The summed E-state index contributed by atoms with van der Waals surface area (Å²) in [6.45, 7) is 7.47. The molecule has 0 heterocycles. The van der Waals surface area contributed by atoms with E-state index in [1.54, 1.807) is 0 Å². The first-order valence-electron chi connectivity index (χ1n) is 11.6. The minimum atomic E-state index is -0.108. The summed E-state index contributed by atoms with van der Waals surface area (Å²) in [6.07, 6.45) is 23.3. The first-order valence-corrected chi connectivity index (χ1v) is 11.6. The van der Waals surface area contributed by atoms with Crippen molar-refractivity contribution in [3.63, 3.8) is 0 Å². The Bertz CT molecular complexity index is 322. The van der Waals surface area contributed by atoms with Crippen molar-refractivity contribution in [1.29, 1.82) is 0 Å². The smallest absolute Gasteiger partial charge is 0.314 e. The highest BCUT2D eigenvalue weighted by molar-refractivity contribution is 5.73. The molecule has 4 nitrogen and oxygen atoms in total. The predicted molar refractivity (Wildman–Crippen MR) is 117 cm³/mol. The molecule has 2 amide bonds. The van der Waals surface area contributed by atoms with Gasteiger partial charge in [0.1, 0.15) is 6.61 Å². The fourth-order valence-corrected chi connectivity index (χ4v) is 3.24. The Hall–Kier alpha value is -1.19. The van der Waals surface area contributed by atoms with Crippen LogP contribution in [0.3, 0.4) is 0 Å². The quantitative estimate of drug-likeness (QED) is 0.171. The molecule has 0 aromatic heterocycles. The first-order chi connectivity index (χ1) is 13.3. The van der Waals surface area contributed by atoms with Gasteiger partial charge in [-0.15, -0.1) is 0 Å². The maximum Gasteiger partial charge on any atom is 0.314 e. The van der Waals surface area contributed by atoms with Crippen LogP contribution in [0.5, 0.6) is 0 Å². The number of carbonyl (C=O) groups excluding carboxylic acids is 1. The highest BCUT2D eigenvalue weighted by atomic mass is 16.5. The van der Waals surface area contributed by atoms with Crippen LogP contribution in [0.4, 0.5) is 4.79 Å². The van der Waals surface area contributed by atoms with E-state index in [1.165, 1.54) is 103 Å². The molecule has 4 heteroatoms. The molecule has 0 saturated carbocycles. The number of amides is 2. The number of rotatable bonds is 21. The van der Waals surface area contributed by atoms with Gasteiger partial charge >= 0.3 is 6.03 Å². The molecule has 0 saturated heterocycles. The van der Waals surface area contributed by atoms with E-state index in [2.05, 4.69) is 24.1 Å². The van der Waals surface area contributed by atoms with Gasteiger partial charge in [-0.25, -0.2) is 4.79 Å². The molecule has 2 N–H and O–H groups in total. The number of hydrogen-bond donors (Lipinski definition) is 2. The molecule has 160 valence electrons. The fourth-order valence-electron chi connectivity index (χ4n) is 3.24. The van der Waals surface area contributed by atoms with E-state index in [4.69, 9.17) is 4.74 Å². The SMILES string of the molecule is C=COCCNC(=O)NCCCCCCCCCCCCCCCCCC. The molecule has 0 aliphatic rings. The summed E-state index contributed by atoms with van der Waals surface area (Å²) in [5, 5.41) is 5.63. The number of ether oxygens (including phenoxy) is 1. The van der Waals surface area contributed by atoms with Crippen molar-refractivity contribution in [2.24, 2.45) is 0 Å². The van der Waals surface area contributed by atoms with Crippen LogP contribution in [0, 0.1) is 0 Å². The van der Waals surface area contributed by atoms with E-state index in [0.717, 1.165) is 13.0 Å². The number of hydrogen-bond acceptors (Lipinski definition) is 2. The molecule has 0 aromatic carbocycles. The molecule has 0 aromatic rings. The molecule has 0 bridgehead atoms. The van der Waals surface area contributed by atoms with Crippen LogP contribution < -0.4 is 10.6 Å². The van der Waals surface area contributed by atoms with Gasteiger partial charge in [0.2, 0.25) is 0 Å². The Morgan fingerprint density at radius 2 is 1.11 bits per heavy atom. The Morgan fingerprint density at radius 1 is 0.704 bits per heavy atom. The second-order valence-corrected chi connectivity index (χ2v) is 7.52. The van der Waals surface area contributed by atoms with Crippen LogP contribution in [0.15, 0.2) is 12.8 Å². The molecule has 27 heavy (non-hydrogen) atoms. The fraction of sp³-hybridized carbons (Fsp3) is 0.870. The van der Waals surface area contributed by atoms with Crippen molar-refractivity contribution in [3.05, 3.63) is 12.8 Å². The maximum absolute atomic E-state index is 11.5. The van der Waals surface area contributed by atoms with E-state index < -0.39 is 0 Å². The average molecular weight is 383 g/mol. The standard InChI is InChI=1S/C23H46N2O2/c1-3-5-6-7-8-9-10-11-12-13-14-15-16-17-18-19-20-24-23(26)25-21-22-27-4-2/h4H,2-3,5-22H2,1H3,(H2,24,25,26). The normalized spacial score (nSPS) is 10.6. The lowest BCUT2D eigenvalue weighted by Gasteiger charge is -2.07. The minimum Gasteiger partial charge on any atom is -0.500 e. The largest absolute Gasteiger partial charge is 0.500 e. The lowest BCUT2D eigenvalue weighted by Crippen LogP contribution is -2.37. The van der Waals surface area contributed by atoms with Crippen molar-refractivity contribution in [2.75, 3.05) is 19.7 Å². The molecule has 0 spiro atoms. The third-order valence-electron chi connectivity index (χ3n) is 4.94. The number of nitrogens with one attached hydrogen (secondary N) is 2. The number of unbranched alkanes of at least 4 members (excludes halogenated alkanes) is 15. The second-order valence-electron chi connectivity index (χ2n) is 7.52. The predicted octanol–water partition coefficient (Wildman–Crippen LogP) is 6.71. The van der Waals surface area contributed by atoms with E-state index in [0.29, 0.717) is 13.2 Å². The van der Waals surface area contributed by atoms with Crippen LogP contribution in [0.1, 0.15) is 110 Å². The molecule has 0 atom stereocenters. The highest BCUT2D eigenvalue weighted by Crippen LogP contribution is 2.13. The zero-order valence-electron chi connectivity index (χ0n) is 18.0. The summed E-state index contributed by atoms with van der Waals surface area (Å²) in [5.41, 5.74) is 0. The Kier molecular flexibility index (Phi) is 21.8. The lowest BCUT2D eigenvalue weighted by molar-refractivity contribution is 0.226. The Balaban J connectivity index is 3.08. The van der Waals surface area contributed by atoms with Crippen molar-refractivity contribution in [1.82, 2.24) is 10.6 Å². The van der Waals surface area contributed by atoms with Crippen molar-refractivity contribution in [2.45, 2.75) is 110 Å². The summed E-state index contributed by atoms with van der Waals surface area (Å²) < 4.78 is 4.94. The van der Waals surface area contributed by atoms with Crippen LogP contribution in [-0.2, 0) is 4.74 Å². The Labute approximate surface area is 168 Å². The topological polar surface area (TPSA) is 50.4 Å². The first kappa shape index (κ1) is 25.8. The van der Waals surface area contributed by atoms with Crippen LogP contribution in [0.25, 0.3) is 0 Å². The van der Waals surface area contributed by atoms with Gasteiger partial charge in [-0.1, -0.05) is 110 Å². The van der Waals surface area contributed by atoms with E-state index >= 15 is 0 Å². The summed E-state index contributed by atoms with van der Waals surface area (Å²) in [5.74, 6) is 0. The molecular weight excluding hydrogens is 336 g/mol. The molecule has 0 aliphatic heterocycles. The van der Waals surface area contributed by atoms with Gasteiger partial charge in [-0.05, 0) is 6.42 Å². The van der Waals surface area contributed by atoms with Crippen molar-refractivity contribution < 1.29 is 9.53 Å². The van der Waals surface area contributed by atoms with E-state index in [9.17, 15) is 4.79 Å². The van der Waals surface area contributed by atoms with Gasteiger partial charge in [-0.3, -0.25) is 0 Å². The molecule has 0 rings (SSSR count). The van der Waals surface area contributed by atoms with Gasteiger partial charge in [0.25, 0.3) is 0 Å². The third-order valence-corrected chi connectivity index (χ3v) is 4.94. The third kappa shape index (κ3) is 22.8. The summed E-state index contributed by atoms with van der Waals surface area (Å²) in [7, 11) is 0. The van der Waals surface area contributed by atoms with Crippen molar-refractivity contribution in [3.8, 4) is 0 Å². The highest BCUT2D eigenvalue weighted by Gasteiger charge is 1.98. The zero-order valence-corrected chi connectivity index (χ0v) is 18.0. The summed E-state index contributed by atoms with van der Waals surface area (Å²) in [4.78, 5) is 11.5. The maximum atomic E-state index is 11.5. The number of urea groups is 1.